The predicted octanol–water partition coefficient (Wildman–Crippen LogP) is 4.01. The average molecular weight is 176 g/mol. The van der Waals surface area contributed by atoms with Crippen molar-refractivity contribution >= 4 is 21.4 Å². The molecular weight excluding hydrogens is 164 g/mol. The molecule has 0 aliphatic rings. The summed E-state index contributed by atoms with van der Waals surface area (Å²) in [7, 11) is 0. The molecule has 1 aromatic heterocycles. The second-order valence-electron chi connectivity index (χ2n) is 2.41. The molecule has 2 rings (SSSR count). The first-order valence-electron chi connectivity index (χ1n) is 3.81. The molecule has 0 atom stereocenters. The summed E-state index contributed by atoms with van der Waals surface area (Å²) in [6.45, 7) is 8.15. The minimum atomic E-state index is 1.37. The molecule has 0 nitrogen and oxygen atoms in total. The molecule has 0 amide bonds. The summed E-state index contributed by atoms with van der Waals surface area (Å²) in [6, 6.07) is 8.56. The van der Waals surface area contributed by atoms with Crippen LogP contribution in [0.1, 0.15) is 5.56 Å². The first-order valence-corrected chi connectivity index (χ1v) is 4.69. The highest BCUT2D eigenvalue weighted by Crippen LogP contribution is 2.23. The van der Waals surface area contributed by atoms with Gasteiger partial charge < -0.3 is 0 Å². The predicted molar refractivity (Wildman–Crippen MR) is 57.8 cm³/mol. The van der Waals surface area contributed by atoms with E-state index in [-0.39, 0.29) is 0 Å². The summed E-state index contributed by atoms with van der Waals surface area (Å²) in [5.74, 6) is 0. The van der Waals surface area contributed by atoms with E-state index in [1.54, 1.807) is 0 Å². The Morgan fingerprint density at radius 2 is 1.92 bits per heavy atom. The maximum Gasteiger partial charge on any atom is 0.0371 e. The smallest absolute Gasteiger partial charge is 0.0371 e. The van der Waals surface area contributed by atoms with E-state index in [0.717, 1.165) is 0 Å². The third kappa shape index (κ3) is 1.56. The fraction of sp³-hybridized carbons (Fsp3) is 0.0909. The Bertz CT molecular complexity index is 360. The number of thiophene rings is 1. The number of aryl methyl sites for hydroxylation is 1. The van der Waals surface area contributed by atoms with Crippen LogP contribution in [0, 0.1) is 6.92 Å². The number of hydrogen-bond acceptors (Lipinski definition) is 1. The molecule has 0 bridgehead atoms. The Morgan fingerprint density at radius 1 is 1.17 bits per heavy atom. The van der Waals surface area contributed by atoms with Crippen LogP contribution in [0.5, 0.6) is 0 Å². The largest absolute Gasteiger partial charge is 0.144 e. The van der Waals surface area contributed by atoms with Gasteiger partial charge in [0.15, 0.2) is 0 Å². The van der Waals surface area contributed by atoms with E-state index in [1.807, 2.05) is 11.3 Å². The van der Waals surface area contributed by atoms with Gasteiger partial charge in [0, 0.05) is 4.70 Å². The highest BCUT2D eigenvalue weighted by Gasteiger charge is 1.94. The SMILES string of the molecule is C=C.Cc1cccc2ccsc12. The highest BCUT2D eigenvalue weighted by atomic mass is 32.1. The number of hydrogen-bond donors (Lipinski definition) is 0. The second kappa shape index (κ2) is 4.07. The first kappa shape index (κ1) is 9.01. The summed E-state index contributed by atoms with van der Waals surface area (Å²) in [4.78, 5) is 0. The van der Waals surface area contributed by atoms with Crippen LogP contribution in [0.15, 0.2) is 42.8 Å². The van der Waals surface area contributed by atoms with Crippen LogP contribution in [-0.4, -0.2) is 0 Å². The van der Waals surface area contributed by atoms with Gasteiger partial charge in [-0.15, -0.1) is 24.5 Å². The van der Waals surface area contributed by atoms with Gasteiger partial charge in [-0.3, -0.25) is 0 Å². The van der Waals surface area contributed by atoms with Crippen molar-refractivity contribution in [2.75, 3.05) is 0 Å². The van der Waals surface area contributed by atoms with Gasteiger partial charge >= 0.3 is 0 Å². The quantitative estimate of drug-likeness (QED) is 0.532. The third-order valence-electron chi connectivity index (χ3n) is 1.68. The van der Waals surface area contributed by atoms with E-state index in [4.69, 9.17) is 0 Å². The summed E-state index contributed by atoms with van der Waals surface area (Å²) in [6.07, 6.45) is 0. The van der Waals surface area contributed by atoms with Gasteiger partial charge in [0.2, 0.25) is 0 Å². The van der Waals surface area contributed by atoms with E-state index in [2.05, 4.69) is 49.7 Å². The first-order chi connectivity index (χ1) is 5.88. The van der Waals surface area contributed by atoms with Gasteiger partial charge in [0.25, 0.3) is 0 Å². The van der Waals surface area contributed by atoms with Crippen molar-refractivity contribution in [2.45, 2.75) is 6.92 Å². The third-order valence-corrected chi connectivity index (χ3v) is 2.74. The second-order valence-corrected chi connectivity index (χ2v) is 3.33. The summed E-state index contributed by atoms with van der Waals surface area (Å²) in [5, 5.41) is 3.50. The Hall–Kier alpha value is -1.08. The Kier molecular flexibility index (Phi) is 3.06. The van der Waals surface area contributed by atoms with Gasteiger partial charge in [-0.05, 0) is 29.3 Å². The van der Waals surface area contributed by atoms with Gasteiger partial charge in [-0.25, -0.2) is 0 Å². The van der Waals surface area contributed by atoms with Crippen molar-refractivity contribution in [3.8, 4) is 0 Å². The van der Waals surface area contributed by atoms with Crippen molar-refractivity contribution in [1.82, 2.24) is 0 Å². The highest BCUT2D eigenvalue weighted by molar-refractivity contribution is 7.17. The van der Waals surface area contributed by atoms with Crippen molar-refractivity contribution in [3.05, 3.63) is 48.4 Å². The van der Waals surface area contributed by atoms with Gasteiger partial charge in [0.1, 0.15) is 0 Å². The molecular formula is C11H12S. The zero-order valence-corrected chi connectivity index (χ0v) is 8.03. The lowest BCUT2D eigenvalue weighted by Crippen LogP contribution is -1.67. The topological polar surface area (TPSA) is 0 Å². The van der Waals surface area contributed by atoms with Crippen molar-refractivity contribution in [3.63, 3.8) is 0 Å². The zero-order valence-electron chi connectivity index (χ0n) is 7.21. The lowest BCUT2D eigenvalue weighted by atomic mass is 10.2. The Morgan fingerprint density at radius 3 is 2.58 bits per heavy atom. The molecule has 0 fully saturated rings. The molecule has 1 heterocycles. The fourth-order valence-corrected chi connectivity index (χ4v) is 2.02. The van der Waals surface area contributed by atoms with E-state index >= 15 is 0 Å². The molecule has 2 aromatic rings. The minimum absolute atomic E-state index is 1.37. The van der Waals surface area contributed by atoms with Gasteiger partial charge in [0.05, 0.1) is 0 Å². The van der Waals surface area contributed by atoms with Crippen LogP contribution in [0.4, 0.5) is 0 Å². The molecule has 0 aliphatic carbocycles. The maximum atomic E-state index is 3.00. The normalized spacial score (nSPS) is 9.08. The van der Waals surface area contributed by atoms with Crippen LogP contribution in [-0.2, 0) is 0 Å². The van der Waals surface area contributed by atoms with Crippen molar-refractivity contribution < 1.29 is 0 Å². The molecule has 1 heteroatoms. The van der Waals surface area contributed by atoms with E-state index in [1.165, 1.54) is 15.6 Å². The van der Waals surface area contributed by atoms with Crippen LogP contribution in [0.2, 0.25) is 0 Å². The maximum absolute atomic E-state index is 3.00. The minimum Gasteiger partial charge on any atom is -0.144 e. The van der Waals surface area contributed by atoms with Crippen LogP contribution >= 0.6 is 11.3 Å². The molecule has 0 radical (unpaired) electrons. The lowest BCUT2D eigenvalue weighted by molar-refractivity contribution is 1.56. The molecule has 0 N–H and O–H groups in total. The fourth-order valence-electron chi connectivity index (χ4n) is 1.14. The van der Waals surface area contributed by atoms with Crippen LogP contribution < -0.4 is 0 Å². The standard InChI is InChI=1S/C9H8S.C2H4/c1-7-3-2-4-8-5-6-10-9(7)8;1-2/h2-6H,1H3;1-2H2. The van der Waals surface area contributed by atoms with E-state index < -0.39 is 0 Å². The van der Waals surface area contributed by atoms with E-state index in [9.17, 15) is 0 Å². The van der Waals surface area contributed by atoms with Gasteiger partial charge in [-0.1, -0.05) is 18.2 Å². The monoisotopic (exact) mass is 176 g/mol. The molecule has 0 aliphatic heterocycles. The molecule has 0 unspecified atom stereocenters. The molecule has 62 valence electrons. The summed E-state index contributed by atoms with van der Waals surface area (Å²) < 4.78 is 1.42. The van der Waals surface area contributed by atoms with Gasteiger partial charge in [-0.2, -0.15) is 0 Å². The molecule has 1 aromatic carbocycles. The molecule has 0 saturated heterocycles. The van der Waals surface area contributed by atoms with E-state index in [0.29, 0.717) is 0 Å². The van der Waals surface area contributed by atoms with Crippen LogP contribution in [0.25, 0.3) is 10.1 Å². The lowest BCUT2D eigenvalue weighted by Gasteiger charge is -1.91. The summed E-state index contributed by atoms with van der Waals surface area (Å²) in [5.41, 5.74) is 1.38. The van der Waals surface area contributed by atoms with Crippen molar-refractivity contribution in [1.29, 1.82) is 0 Å². The molecule has 0 spiro atoms. The molecule has 12 heavy (non-hydrogen) atoms. The van der Waals surface area contributed by atoms with Crippen LogP contribution in [0.3, 0.4) is 0 Å². The Labute approximate surface area is 77.2 Å². The Balaban J connectivity index is 0.000000336. The summed E-state index contributed by atoms with van der Waals surface area (Å²) >= 11 is 1.81. The number of fused-ring (bicyclic) bond motifs is 1. The van der Waals surface area contributed by atoms with Crippen molar-refractivity contribution in [2.24, 2.45) is 0 Å². The number of rotatable bonds is 0. The molecule has 0 saturated carbocycles. The average Bonchev–Trinajstić information content (AvgIpc) is 2.57. The zero-order chi connectivity index (χ0) is 8.97. The number of benzene rings is 1.